The van der Waals surface area contributed by atoms with Crippen molar-refractivity contribution in [1.82, 2.24) is 14.9 Å². The Bertz CT molecular complexity index is 1030. The van der Waals surface area contributed by atoms with Crippen molar-refractivity contribution in [2.24, 2.45) is 0 Å². The lowest BCUT2D eigenvalue weighted by Gasteiger charge is -2.35. The van der Waals surface area contributed by atoms with E-state index in [0.717, 1.165) is 55.3 Å². The normalized spacial score (nSPS) is 16.2. The topological polar surface area (TPSA) is 61.7 Å². The van der Waals surface area contributed by atoms with Crippen molar-refractivity contribution in [3.8, 4) is 28.8 Å². The molecule has 2 aliphatic heterocycles. The first-order chi connectivity index (χ1) is 13.7. The van der Waals surface area contributed by atoms with E-state index >= 15 is 0 Å². The quantitative estimate of drug-likeness (QED) is 0.581. The molecular weight excluding hydrogens is 352 g/mol. The molecule has 28 heavy (non-hydrogen) atoms. The molecule has 1 saturated heterocycles. The second-order valence-electron chi connectivity index (χ2n) is 7.35. The van der Waals surface area contributed by atoms with Crippen LogP contribution in [0.3, 0.4) is 0 Å². The van der Waals surface area contributed by atoms with Crippen molar-refractivity contribution in [1.29, 1.82) is 0 Å². The number of phenolic OH excluding ortho intramolecular Hbond substituents is 1. The van der Waals surface area contributed by atoms with Crippen molar-refractivity contribution in [3.63, 3.8) is 0 Å². The molecule has 0 unspecified atom stereocenters. The molecule has 5 rings (SSSR count). The van der Waals surface area contributed by atoms with Gasteiger partial charge in [-0.15, -0.1) is 0 Å². The van der Waals surface area contributed by atoms with Crippen molar-refractivity contribution < 1.29 is 9.84 Å². The summed E-state index contributed by atoms with van der Waals surface area (Å²) in [6.07, 6.45) is 0.744. The molecule has 1 N–H and O–H groups in total. The first kappa shape index (κ1) is 17.0. The van der Waals surface area contributed by atoms with Crippen molar-refractivity contribution >= 4 is 5.82 Å². The van der Waals surface area contributed by atoms with E-state index in [-0.39, 0.29) is 5.75 Å². The summed E-state index contributed by atoms with van der Waals surface area (Å²) < 4.78 is 6.16. The number of anilines is 1. The van der Waals surface area contributed by atoms with Gasteiger partial charge in [0.1, 0.15) is 17.3 Å². The maximum atomic E-state index is 10.3. The second-order valence-corrected chi connectivity index (χ2v) is 7.35. The number of hydrogen-bond donors (Lipinski definition) is 1. The summed E-state index contributed by atoms with van der Waals surface area (Å²) in [4.78, 5) is 14.2. The van der Waals surface area contributed by atoms with E-state index in [1.165, 1.54) is 0 Å². The fourth-order valence-electron chi connectivity index (χ4n) is 3.80. The van der Waals surface area contributed by atoms with Crippen LogP contribution in [0.5, 0.6) is 17.4 Å². The number of fused-ring (bicyclic) bond motifs is 2. The minimum Gasteiger partial charge on any atom is -0.507 e. The lowest BCUT2D eigenvalue weighted by Crippen LogP contribution is -2.45. The highest BCUT2D eigenvalue weighted by atomic mass is 16.5. The van der Waals surface area contributed by atoms with Gasteiger partial charge >= 0.3 is 0 Å². The van der Waals surface area contributed by atoms with Gasteiger partial charge < -0.3 is 19.6 Å². The number of ether oxygens (including phenoxy) is 1. The number of likely N-dealkylation sites (N-methyl/N-ethyl adjacent to an activating group) is 1. The number of piperazine rings is 1. The van der Waals surface area contributed by atoms with Gasteiger partial charge in [-0.2, -0.15) is 4.98 Å². The molecule has 0 atom stereocenters. The maximum Gasteiger partial charge on any atom is 0.228 e. The van der Waals surface area contributed by atoms with Gasteiger partial charge in [0, 0.05) is 32.6 Å². The highest BCUT2D eigenvalue weighted by Gasteiger charge is 2.28. The molecule has 142 valence electrons. The molecule has 6 nitrogen and oxygen atoms in total. The molecule has 1 aromatic heterocycles. The minimum atomic E-state index is 0.169. The Kier molecular flexibility index (Phi) is 4.13. The van der Waals surface area contributed by atoms with Crippen LogP contribution >= 0.6 is 0 Å². The summed E-state index contributed by atoms with van der Waals surface area (Å²) in [6.45, 7) is 3.79. The molecule has 3 heterocycles. The first-order valence-electron chi connectivity index (χ1n) is 9.57. The minimum absolute atomic E-state index is 0.169. The number of nitrogens with zero attached hydrogens (tertiary/aromatic N) is 4. The van der Waals surface area contributed by atoms with Crippen LogP contribution in [0.2, 0.25) is 0 Å². The Morgan fingerprint density at radius 1 is 0.929 bits per heavy atom. The summed E-state index contributed by atoms with van der Waals surface area (Å²) in [5.41, 5.74) is 2.77. The van der Waals surface area contributed by atoms with Gasteiger partial charge in [0.25, 0.3) is 0 Å². The molecule has 1 fully saturated rings. The molecule has 3 aromatic rings. The molecule has 2 aliphatic rings. The fourth-order valence-corrected chi connectivity index (χ4v) is 3.80. The van der Waals surface area contributed by atoms with Gasteiger partial charge in [-0.3, -0.25) is 0 Å². The first-order valence-corrected chi connectivity index (χ1v) is 9.57. The summed E-state index contributed by atoms with van der Waals surface area (Å²) >= 11 is 0. The number of hydrogen-bond acceptors (Lipinski definition) is 6. The highest BCUT2D eigenvalue weighted by Crippen LogP contribution is 2.41. The van der Waals surface area contributed by atoms with E-state index in [2.05, 4.69) is 27.9 Å². The van der Waals surface area contributed by atoms with Crippen molar-refractivity contribution in [2.75, 3.05) is 38.1 Å². The fraction of sp³-hybridized carbons (Fsp3) is 0.273. The number of benzene rings is 2. The average Bonchev–Trinajstić information content (AvgIpc) is 2.72. The second kappa shape index (κ2) is 6.80. The number of rotatable bonds is 2. The zero-order valence-electron chi connectivity index (χ0n) is 15.8. The van der Waals surface area contributed by atoms with E-state index in [0.29, 0.717) is 17.3 Å². The SMILES string of the molecule is CN1CCN(c2nc(-c3ccccc3O)nc3c2Cc2ccccc2O3)CC1. The Balaban J connectivity index is 1.64. The van der Waals surface area contributed by atoms with E-state index < -0.39 is 0 Å². The van der Waals surface area contributed by atoms with Crippen LogP contribution < -0.4 is 9.64 Å². The zero-order chi connectivity index (χ0) is 19.1. The maximum absolute atomic E-state index is 10.3. The molecule has 6 heteroatoms. The number of para-hydroxylation sites is 2. The summed E-state index contributed by atoms with van der Waals surface area (Å²) in [5.74, 6) is 2.99. The van der Waals surface area contributed by atoms with Crippen LogP contribution in [0, 0.1) is 0 Å². The Morgan fingerprint density at radius 2 is 1.68 bits per heavy atom. The van der Waals surface area contributed by atoms with E-state index in [1.807, 2.05) is 30.3 Å². The van der Waals surface area contributed by atoms with Crippen LogP contribution in [0.4, 0.5) is 5.82 Å². The molecule has 0 aliphatic carbocycles. The molecular formula is C22H22N4O2. The number of aromatic hydroxyl groups is 1. The van der Waals surface area contributed by atoms with Gasteiger partial charge in [0.2, 0.25) is 5.88 Å². The molecule has 0 bridgehead atoms. The van der Waals surface area contributed by atoms with Gasteiger partial charge in [0.05, 0.1) is 11.1 Å². The van der Waals surface area contributed by atoms with Gasteiger partial charge in [-0.1, -0.05) is 30.3 Å². The average molecular weight is 374 g/mol. The zero-order valence-corrected chi connectivity index (χ0v) is 15.8. The third-order valence-electron chi connectivity index (χ3n) is 5.44. The van der Waals surface area contributed by atoms with E-state index in [1.54, 1.807) is 12.1 Å². The monoisotopic (exact) mass is 374 g/mol. The lowest BCUT2D eigenvalue weighted by molar-refractivity contribution is 0.311. The van der Waals surface area contributed by atoms with Crippen LogP contribution in [-0.4, -0.2) is 53.2 Å². The number of phenols is 1. The van der Waals surface area contributed by atoms with Gasteiger partial charge in [-0.25, -0.2) is 4.98 Å². The van der Waals surface area contributed by atoms with Crippen LogP contribution in [-0.2, 0) is 6.42 Å². The van der Waals surface area contributed by atoms with Gasteiger partial charge in [-0.05, 0) is 30.8 Å². The third kappa shape index (κ3) is 2.96. The largest absolute Gasteiger partial charge is 0.507 e. The van der Waals surface area contributed by atoms with Gasteiger partial charge in [0.15, 0.2) is 5.82 Å². The molecule has 0 amide bonds. The molecule has 2 aromatic carbocycles. The van der Waals surface area contributed by atoms with Crippen molar-refractivity contribution in [2.45, 2.75) is 6.42 Å². The van der Waals surface area contributed by atoms with Crippen LogP contribution in [0.1, 0.15) is 11.1 Å². The summed E-state index contributed by atoms with van der Waals surface area (Å²) in [6, 6.07) is 15.2. The number of aromatic nitrogens is 2. The predicted octanol–water partition coefficient (Wildman–Crippen LogP) is 3.30. The summed E-state index contributed by atoms with van der Waals surface area (Å²) in [5, 5.41) is 10.3. The van der Waals surface area contributed by atoms with E-state index in [9.17, 15) is 5.11 Å². The Hall–Kier alpha value is -3.12. The standard InChI is InChI=1S/C22H22N4O2/c1-25-10-12-26(13-11-25)21-17-14-15-6-2-5-9-19(15)28-22(17)24-20(23-21)16-7-3-4-8-18(16)27/h2-9,27H,10-14H2,1H3. The Labute approximate surface area is 164 Å². The predicted molar refractivity (Wildman–Crippen MR) is 108 cm³/mol. The molecule has 0 spiro atoms. The highest BCUT2D eigenvalue weighted by molar-refractivity contribution is 5.68. The van der Waals surface area contributed by atoms with Crippen molar-refractivity contribution in [3.05, 3.63) is 59.7 Å². The third-order valence-corrected chi connectivity index (χ3v) is 5.44. The van der Waals surface area contributed by atoms with Crippen LogP contribution in [0.15, 0.2) is 48.5 Å². The molecule has 0 saturated carbocycles. The molecule has 0 radical (unpaired) electrons. The van der Waals surface area contributed by atoms with Crippen LogP contribution in [0.25, 0.3) is 11.4 Å². The Morgan fingerprint density at radius 3 is 2.50 bits per heavy atom. The van der Waals surface area contributed by atoms with E-state index in [4.69, 9.17) is 9.72 Å². The summed E-state index contributed by atoms with van der Waals surface area (Å²) in [7, 11) is 2.14. The lowest BCUT2D eigenvalue weighted by atomic mass is 10.0. The smallest absolute Gasteiger partial charge is 0.228 e.